The number of halogens is 1. The van der Waals surface area contributed by atoms with E-state index in [1.165, 1.54) is 6.07 Å². The molecule has 1 heterocycles. The zero-order valence-electron chi connectivity index (χ0n) is 10.4. The number of hydrogen-bond acceptors (Lipinski definition) is 2. The van der Waals surface area contributed by atoms with Gasteiger partial charge in [0, 0.05) is 6.54 Å². The largest absolute Gasteiger partial charge is 0.382 e. The quantitative estimate of drug-likeness (QED) is 0.787. The number of benzene rings is 1. The Balaban J connectivity index is 2.42. The van der Waals surface area contributed by atoms with Gasteiger partial charge in [-0.2, -0.15) is 0 Å². The van der Waals surface area contributed by atoms with Crippen LogP contribution < -0.4 is 10.6 Å². The Kier molecular flexibility index (Phi) is 2.81. The molecule has 1 aliphatic heterocycles. The van der Waals surface area contributed by atoms with Crippen molar-refractivity contribution in [3.8, 4) is 0 Å². The van der Waals surface area contributed by atoms with Crippen LogP contribution in [0.25, 0.3) is 0 Å². The molecule has 0 saturated carbocycles. The average molecular weight is 236 g/mol. The Morgan fingerprint density at radius 3 is 2.76 bits per heavy atom. The van der Waals surface area contributed by atoms with E-state index in [9.17, 15) is 9.18 Å². The predicted molar refractivity (Wildman–Crippen MR) is 66.7 cm³/mol. The van der Waals surface area contributed by atoms with E-state index >= 15 is 0 Å². The van der Waals surface area contributed by atoms with Crippen LogP contribution in [0, 0.1) is 18.2 Å². The summed E-state index contributed by atoms with van der Waals surface area (Å²) in [5, 5.41) is 6.01. The first-order chi connectivity index (χ1) is 7.96. The first kappa shape index (κ1) is 11.9. The SMILES string of the molecule is CCC1(C)CNc2cc(C)c(F)cc2NC1=O. The standard InChI is InChI=1S/C13H17FN2O/c1-4-13(3)7-15-10-5-8(2)9(14)6-11(10)16-12(13)17/h5-6,15H,4,7H2,1-3H3,(H,16,17). The fraction of sp³-hybridized carbons (Fsp3) is 0.462. The summed E-state index contributed by atoms with van der Waals surface area (Å²) in [4.78, 5) is 12.1. The van der Waals surface area contributed by atoms with Crippen molar-refractivity contribution in [1.82, 2.24) is 0 Å². The summed E-state index contributed by atoms with van der Waals surface area (Å²) in [6, 6.07) is 3.10. The Morgan fingerprint density at radius 1 is 1.41 bits per heavy atom. The molecule has 17 heavy (non-hydrogen) atoms. The number of amides is 1. The van der Waals surface area contributed by atoms with Gasteiger partial charge in [-0.05, 0) is 38.0 Å². The van der Waals surface area contributed by atoms with Crippen molar-refractivity contribution in [1.29, 1.82) is 0 Å². The Labute approximate surface area is 100 Å². The van der Waals surface area contributed by atoms with E-state index in [0.717, 1.165) is 12.1 Å². The molecule has 1 aliphatic rings. The molecule has 0 aromatic heterocycles. The van der Waals surface area contributed by atoms with Gasteiger partial charge in [-0.3, -0.25) is 4.79 Å². The number of anilines is 2. The lowest BCUT2D eigenvalue weighted by Gasteiger charge is -2.23. The molecule has 0 radical (unpaired) electrons. The number of fused-ring (bicyclic) bond motifs is 1. The molecular weight excluding hydrogens is 219 g/mol. The second-order valence-corrected chi connectivity index (χ2v) is 4.87. The lowest BCUT2D eigenvalue weighted by atomic mass is 9.86. The highest BCUT2D eigenvalue weighted by Gasteiger charge is 2.34. The third-order valence-corrected chi connectivity index (χ3v) is 3.54. The van der Waals surface area contributed by atoms with Crippen LogP contribution in [0.4, 0.5) is 15.8 Å². The lowest BCUT2D eigenvalue weighted by molar-refractivity contribution is -0.124. The molecule has 1 atom stereocenters. The third kappa shape index (κ3) is 1.99. The van der Waals surface area contributed by atoms with E-state index in [2.05, 4.69) is 10.6 Å². The van der Waals surface area contributed by atoms with E-state index < -0.39 is 5.41 Å². The molecule has 3 nitrogen and oxygen atoms in total. The fourth-order valence-corrected chi connectivity index (χ4v) is 1.86. The molecule has 4 heteroatoms. The van der Waals surface area contributed by atoms with Crippen molar-refractivity contribution < 1.29 is 9.18 Å². The average Bonchev–Trinajstić information content (AvgIpc) is 2.41. The lowest BCUT2D eigenvalue weighted by Crippen LogP contribution is -2.36. The topological polar surface area (TPSA) is 41.1 Å². The van der Waals surface area contributed by atoms with E-state index in [4.69, 9.17) is 0 Å². The van der Waals surface area contributed by atoms with Gasteiger partial charge in [-0.1, -0.05) is 6.92 Å². The monoisotopic (exact) mass is 236 g/mol. The molecule has 2 rings (SSSR count). The molecule has 0 aliphatic carbocycles. The van der Waals surface area contributed by atoms with E-state index in [0.29, 0.717) is 17.8 Å². The van der Waals surface area contributed by atoms with Crippen LogP contribution in [0.2, 0.25) is 0 Å². The number of hydrogen-bond donors (Lipinski definition) is 2. The van der Waals surface area contributed by atoms with Crippen LogP contribution in [0.3, 0.4) is 0 Å². The van der Waals surface area contributed by atoms with Gasteiger partial charge in [-0.15, -0.1) is 0 Å². The van der Waals surface area contributed by atoms with Gasteiger partial charge in [0.15, 0.2) is 0 Å². The van der Waals surface area contributed by atoms with Crippen LogP contribution in [-0.4, -0.2) is 12.5 Å². The smallest absolute Gasteiger partial charge is 0.232 e. The maximum Gasteiger partial charge on any atom is 0.232 e. The molecule has 1 aromatic rings. The highest BCUT2D eigenvalue weighted by atomic mass is 19.1. The Hall–Kier alpha value is -1.58. The molecule has 1 amide bonds. The van der Waals surface area contributed by atoms with Crippen molar-refractivity contribution in [3.63, 3.8) is 0 Å². The van der Waals surface area contributed by atoms with Gasteiger partial charge < -0.3 is 10.6 Å². The summed E-state index contributed by atoms with van der Waals surface area (Å²) in [7, 11) is 0. The predicted octanol–water partition coefficient (Wildman–Crippen LogP) is 2.91. The Morgan fingerprint density at radius 2 is 2.12 bits per heavy atom. The number of carbonyl (C=O) groups excluding carboxylic acids is 1. The van der Waals surface area contributed by atoms with Gasteiger partial charge in [0.05, 0.1) is 16.8 Å². The third-order valence-electron chi connectivity index (χ3n) is 3.54. The van der Waals surface area contributed by atoms with Crippen LogP contribution in [0.1, 0.15) is 25.8 Å². The highest BCUT2D eigenvalue weighted by molar-refractivity contribution is 5.99. The number of carbonyl (C=O) groups is 1. The molecular formula is C13H17FN2O. The van der Waals surface area contributed by atoms with Crippen molar-refractivity contribution in [2.75, 3.05) is 17.2 Å². The van der Waals surface area contributed by atoms with Gasteiger partial charge in [-0.25, -0.2) is 4.39 Å². The Bertz CT molecular complexity index is 473. The van der Waals surface area contributed by atoms with E-state index in [1.807, 2.05) is 13.8 Å². The van der Waals surface area contributed by atoms with Gasteiger partial charge in [0.2, 0.25) is 5.91 Å². The van der Waals surface area contributed by atoms with Crippen molar-refractivity contribution in [3.05, 3.63) is 23.5 Å². The first-order valence-electron chi connectivity index (χ1n) is 5.82. The normalized spacial score (nSPS) is 23.4. The molecule has 0 saturated heterocycles. The molecule has 1 aromatic carbocycles. The number of aryl methyl sites for hydroxylation is 1. The molecule has 92 valence electrons. The van der Waals surface area contributed by atoms with E-state index in [1.54, 1.807) is 13.0 Å². The second-order valence-electron chi connectivity index (χ2n) is 4.87. The summed E-state index contributed by atoms with van der Waals surface area (Å²) >= 11 is 0. The zero-order chi connectivity index (χ0) is 12.6. The minimum atomic E-state index is -0.455. The van der Waals surface area contributed by atoms with Crippen molar-refractivity contribution >= 4 is 17.3 Å². The molecule has 1 unspecified atom stereocenters. The van der Waals surface area contributed by atoms with Gasteiger partial charge >= 0.3 is 0 Å². The molecule has 0 fully saturated rings. The van der Waals surface area contributed by atoms with Gasteiger partial charge in [0.25, 0.3) is 0 Å². The van der Waals surface area contributed by atoms with Crippen LogP contribution >= 0.6 is 0 Å². The molecule has 0 spiro atoms. The van der Waals surface area contributed by atoms with Crippen LogP contribution in [0.15, 0.2) is 12.1 Å². The molecule has 0 bridgehead atoms. The summed E-state index contributed by atoms with van der Waals surface area (Å²) < 4.78 is 13.5. The maximum atomic E-state index is 13.5. The minimum Gasteiger partial charge on any atom is -0.382 e. The first-order valence-corrected chi connectivity index (χ1v) is 5.82. The van der Waals surface area contributed by atoms with Crippen molar-refractivity contribution in [2.45, 2.75) is 27.2 Å². The number of nitrogens with one attached hydrogen (secondary N) is 2. The van der Waals surface area contributed by atoms with Gasteiger partial charge in [0.1, 0.15) is 5.82 Å². The molecule has 2 N–H and O–H groups in total. The minimum absolute atomic E-state index is 0.0606. The fourth-order valence-electron chi connectivity index (χ4n) is 1.86. The maximum absolute atomic E-state index is 13.5. The van der Waals surface area contributed by atoms with Crippen molar-refractivity contribution in [2.24, 2.45) is 5.41 Å². The zero-order valence-corrected chi connectivity index (χ0v) is 10.4. The summed E-state index contributed by atoms with van der Waals surface area (Å²) in [5.41, 5.74) is 1.43. The van der Waals surface area contributed by atoms with E-state index in [-0.39, 0.29) is 11.7 Å². The second kappa shape index (κ2) is 4.02. The number of rotatable bonds is 1. The van der Waals surface area contributed by atoms with Crippen LogP contribution in [0.5, 0.6) is 0 Å². The van der Waals surface area contributed by atoms with Crippen LogP contribution in [-0.2, 0) is 4.79 Å². The summed E-state index contributed by atoms with van der Waals surface area (Å²) in [5.74, 6) is -0.361. The summed E-state index contributed by atoms with van der Waals surface area (Å²) in [6.45, 7) is 6.16. The highest BCUT2D eigenvalue weighted by Crippen LogP contribution is 2.33. The summed E-state index contributed by atoms with van der Waals surface area (Å²) in [6.07, 6.45) is 0.737.